The summed E-state index contributed by atoms with van der Waals surface area (Å²) in [5.74, 6) is -0.0814. The number of nitrogens with one attached hydrogen (secondary N) is 1. The Morgan fingerprint density at radius 2 is 1.88 bits per heavy atom. The van der Waals surface area contributed by atoms with Crippen LogP contribution in [0.5, 0.6) is 0 Å². The normalized spacial score (nSPS) is 11.6. The molecule has 1 amide bonds. The van der Waals surface area contributed by atoms with Crippen molar-refractivity contribution in [3.63, 3.8) is 0 Å². The molecule has 0 heterocycles. The molecule has 1 N–H and O–H groups in total. The summed E-state index contributed by atoms with van der Waals surface area (Å²) >= 11 is 0. The van der Waals surface area contributed by atoms with Crippen LogP contribution in [0.4, 0.5) is 0 Å². The molecule has 0 atom stereocenters. The van der Waals surface area contributed by atoms with Gasteiger partial charge in [-0.05, 0) is 17.7 Å². The second-order valence-corrected chi connectivity index (χ2v) is 5.70. The van der Waals surface area contributed by atoms with E-state index in [0.29, 0.717) is 11.4 Å². The molecule has 0 aliphatic carbocycles. The van der Waals surface area contributed by atoms with Crippen molar-refractivity contribution in [3.05, 3.63) is 35.9 Å². The third-order valence-electron chi connectivity index (χ3n) is 2.09. The van der Waals surface area contributed by atoms with E-state index in [1.165, 1.54) is 13.2 Å². The average Bonchev–Trinajstić information content (AvgIpc) is 2.23. The molecule has 0 unspecified atom stereocenters. The van der Waals surface area contributed by atoms with Crippen LogP contribution in [0.1, 0.15) is 12.5 Å². The van der Waals surface area contributed by atoms with Crippen LogP contribution in [0.25, 0.3) is 6.08 Å². The largest absolute Gasteiger partial charge is 0.353 e. The molecule has 1 aromatic carbocycles. The van der Waals surface area contributed by atoms with Gasteiger partial charge in [0.15, 0.2) is 9.84 Å². The van der Waals surface area contributed by atoms with Gasteiger partial charge in [-0.3, -0.25) is 4.79 Å². The number of benzene rings is 1. The fourth-order valence-electron chi connectivity index (χ4n) is 1.22. The molecule has 17 heavy (non-hydrogen) atoms. The number of carbonyl (C=O) groups is 1. The highest BCUT2D eigenvalue weighted by Crippen LogP contribution is 2.11. The van der Waals surface area contributed by atoms with Crippen molar-refractivity contribution in [2.75, 3.05) is 12.8 Å². The summed E-state index contributed by atoms with van der Waals surface area (Å²) in [7, 11) is -3.14. The van der Waals surface area contributed by atoms with Gasteiger partial charge < -0.3 is 5.32 Å². The molecule has 4 nitrogen and oxygen atoms in total. The Labute approximate surface area is 101 Å². The smallest absolute Gasteiger partial charge is 0.217 e. The summed E-state index contributed by atoms with van der Waals surface area (Å²) in [5.41, 5.74) is 0.891. The van der Waals surface area contributed by atoms with Gasteiger partial charge in [0, 0.05) is 19.7 Å². The molecule has 0 saturated carbocycles. The fraction of sp³-hybridized carbons (Fsp3) is 0.250. The number of sulfone groups is 1. The number of carbonyl (C=O) groups excluding carboxylic acids is 1. The minimum atomic E-state index is -3.14. The lowest BCUT2D eigenvalue weighted by molar-refractivity contribution is -0.118. The molecule has 0 spiro atoms. The Bertz CT molecular complexity index is 515. The maximum Gasteiger partial charge on any atom is 0.217 e. The minimum Gasteiger partial charge on any atom is -0.353 e. The van der Waals surface area contributed by atoms with Gasteiger partial charge in [0.1, 0.15) is 0 Å². The second-order valence-electron chi connectivity index (χ2n) is 3.68. The second kappa shape index (κ2) is 5.63. The van der Waals surface area contributed by atoms with Gasteiger partial charge in [-0.1, -0.05) is 24.3 Å². The summed E-state index contributed by atoms with van der Waals surface area (Å²) in [6, 6.07) is 6.57. The van der Waals surface area contributed by atoms with E-state index in [0.717, 1.165) is 5.56 Å². The number of amides is 1. The van der Waals surface area contributed by atoms with Gasteiger partial charge in [-0.2, -0.15) is 0 Å². The van der Waals surface area contributed by atoms with Crippen molar-refractivity contribution in [1.29, 1.82) is 0 Å². The third kappa shape index (κ3) is 4.82. The topological polar surface area (TPSA) is 63.2 Å². The molecular formula is C12H15NO3S. The van der Waals surface area contributed by atoms with Crippen LogP contribution in [-0.4, -0.2) is 27.1 Å². The van der Waals surface area contributed by atoms with Gasteiger partial charge in [-0.15, -0.1) is 0 Å². The van der Waals surface area contributed by atoms with E-state index < -0.39 is 9.84 Å². The predicted molar refractivity (Wildman–Crippen MR) is 67.3 cm³/mol. The first-order chi connectivity index (χ1) is 7.89. The van der Waals surface area contributed by atoms with E-state index in [9.17, 15) is 13.2 Å². The Morgan fingerprint density at radius 1 is 1.29 bits per heavy atom. The van der Waals surface area contributed by atoms with Crippen LogP contribution in [0.3, 0.4) is 0 Å². The first-order valence-corrected chi connectivity index (χ1v) is 7.00. The van der Waals surface area contributed by atoms with Crippen molar-refractivity contribution in [1.82, 2.24) is 5.32 Å². The fourth-order valence-corrected chi connectivity index (χ4v) is 1.85. The summed E-state index contributed by atoms with van der Waals surface area (Å²) in [6.45, 7) is 1.91. The van der Waals surface area contributed by atoms with Gasteiger partial charge in [0.2, 0.25) is 5.91 Å². The van der Waals surface area contributed by atoms with Gasteiger partial charge in [-0.25, -0.2) is 8.42 Å². The maximum atomic E-state index is 11.2. The Kier molecular flexibility index (Phi) is 4.45. The molecule has 0 fully saturated rings. The van der Waals surface area contributed by atoms with Crippen molar-refractivity contribution < 1.29 is 13.2 Å². The van der Waals surface area contributed by atoms with E-state index in [4.69, 9.17) is 0 Å². The molecule has 92 valence electrons. The van der Waals surface area contributed by atoms with E-state index in [-0.39, 0.29) is 5.91 Å². The molecule has 1 aromatic rings. The molecular weight excluding hydrogens is 238 g/mol. The Hall–Kier alpha value is -1.62. The Morgan fingerprint density at radius 3 is 2.35 bits per heavy atom. The highest BCUT2D eigenvalue weighted by atomic mass is 32.2. The van der Waals surface area contributed by atoms with E-state index in [1.807, 2.05) is 6.08 Å². The lowest BCUT2D eigenvalue weighted by Crippen LogP contribution is -2.19. The number of rotatable bonds is 4. The zero-order valence-corrected chi connectivity index (χ0v) is 10.6. The molecule has 0 radical (unpaired) electrons. The number of hydrogen-bond acceptors (Lipinski definition) is 3. The summed E-state index contributed by atoms with van der Waals surface area (Å²) in [5, 5.41) is 2.63. The van der Waals surface area contributed by atoms with Crippen molar-refractivity contribution in [3.8, 4) is 0 Å². The SMILES string of the molecule is CC(=O)NCC=Cc1ccc(S(C)(=O)=O)cc1. The van der Waals surface area contributed by atoms with E-state index >= 15 is 0 Å². The summed E-state index contributed by atoms with van der Waals surface area (Å²) in [4.78, 5) is 10.9. The monoisotopic (exact) mass is 253 g/mol. The summed E-state index contributed by atoms with van der Waals surface area (Å²) in [6.07, 6.45) is 4.80. The minimum absolute atomic E-state index is 0.0814. The third-order valence-corrected chi connectivity index (χ3v) is 3.22. The standard InChI is InChI=1S/C12H15NO3S/c1-10(14)13-9-3-4-11-5-7-12(8-6-11)17(2,15)16/h3-8H,9H2,1-2H3,(H,13,14). The highest BCUT2D eigenvalue weighted by Gasteiger charge is 2.04. The van der Waals surface area contributed by atoms with Crippen LogP contribution in [0, 0.1) is 0 Å². The van der Waals surface area contributed by atoms with Crippen LogP contribution in [0.2, 0.25) is 0 Å². The van der Waals surface area contributed by atoms with Crippen LogP contribution < -0.4 is 5.32 Å². The molecule has 5 heteroatoms. The highest BCUT2D eigenvalue weighted by molar-refractivity contribution is 7.90. The summed E-state index contributed by atoms with van der Waals surface area (Å²) < 4.78 is 22.4. The van der Waals surface area contributed by atoms with Crippen LogP contribution in [0.15, 0.2) is 35.2 Å². The first-order valence-electron chi connectivity index (χ1n) is 5.11. The van der Waals surface area contributed by atoms with Crippen molar-refractivity contribution in [2.45, 2.75) is 11.8 Å². The first kappa shape index (κ1) is 13.4. The van der Waals surface area contributed by atoms with Crippen molar-refractivity contribution in [2.24, 2.45) is 0 Å². The zero-order valence-electron chi connectivity index (χ0n) is 9.80. The van der Waals surface area contributed by atoms with Gasteiger partial charge >= 0.3 is 0 Å². The number of hydrogen-bond donors (Lipinski definition) is 1. The van der Waals surface area contributed by atoms with Crippen molar-refractivity contribution >= 4 is 21.8 Å². The zero-order chi connectivity index (χ0) is 12.9. The molecule has 0 aromatic heterocycles. The van der Waals surface area contributed by atoms with E-state index in [1.54, 1.807) is 30.3 Å². The van der Waals surface area contributed by atoms with Gasteiger partial charge in [0.25, 0.3) is 0 Å². The molecule has 0 aliphatic rings. The lowest BCUT2D eigenvalue weighted by Gasteiger charge is -1.99. The molecule has 0 saturated heterocycles. The van der Waals surface area contributed by atoms with Crippen LogP contribution in [-0.2, 0) is 14.6 Å². The maximum absolute atomic E-state index is 11.2. The quantitative estimate of drug-likeness (QED) is 0.878. The molecule has 0 bridgehead atoms. The Balaban J connectivity index is 2.66. The lowest BCUT2D eigenvalue weighted by atomic mass is 10.2. The van der Waals surface area contributed by atoms with E-state index in [2.05, 4.69) is 5.32 Å². The molecule has 0 aliphatic heterocycles. The van der Waals surface area contributed by atoms with Gasteiger partial charge in [0.05, 0.1) is 4.90 Å². The molecule has 1 rings (SSSR count). The van der Waals surface area contributed by atoms with Crippen LogP contribution >= 0.6 is 0 Å². The average molecular weight is 253 g/mol. The predicted octanol–water partition coefficient (Wildman–Crippen LogP) is 1.24.